The Labute approximate surface area is 108 Å². The first-order chi connectivity index (χ1) is 8.41. The smallest absolute Gasteiger partial charge is 0.331 e. The standard InChI is InChI=1S/C15H20O3/c1-8(2)10-4-5-11(15(17)18)13-7-14(16)9(3)6-12(10)13/h5-6,8,10,12-13H,4,7H2,1-3H3,(H,17,18)/t10-,12-,13-/m1/s1. The van der Waals surface area contributed by atoms with Gasteiger partial charge in [-0.1, -0.05) is 26.0 Å². The number of Topliss-reactive ketones (excluding diaryl/α,β-unsaturated/α-hetero) is 1. The van der Waals surface area contributed by atoms with Crippen LogP contribution < -0.4 is 0 Å². The van der Waals surface area contributed by atoms with Gasteiger partial charge in [-0.15, -0.1) is 0 Å². The zero-order chi connectivity index (χ0) is 13.4. The molecule has 0 unspecified atom stereocenters. The van der Waals surface area contributed by atoms with Crippen molar-refractivity contribution in [1.29, 1.82) is 0 Å². The highest BCUT2D eigenvalue weighted by atomic mass is 16.4. The Kier molecular flexibility index (Phi) is 3.42. The molecule has 0 spiro atoms. The van der Waals surface area contributed by atoms with Gasteiger partial charge in [-0.25, -0.2) is 4.79 Å². The highest BCUT2D eigenvalue weighted by Crippen LogP contribution is 2.44. The number of fused-ring (bicyclic) bond motifs is 1. The van der Waals surface area contributed by atoms with E-state index in [4.69, 9.17) is 0 Å². The Hall–Kier alpha value is -1.38. The molecule has 0 heterocycles. The number of hydrogen-bond donors (Lipinski definition) is 1. The molecule has 3 atom stereocenters. The summed E-state index contributed by atoms with van der Waals surface area (Å²) in [4.78, 5) is 23.1. The van der Waals surface area contributed by atoms with E-state index in [0.29, 0.717) is 23.8 Å². The number of rotatable bonds is 2. The van der Waals surface area contributed by atoms with Gasteiger partial charge in [0.2, 0.25) is 0 Å². The van der Waals surface area contributed by atoms with Gasteiger partial charge >= 0.3 is 5.97 Å². The first-order valence-corrected chi connectivity index (χ1v) is 6.56. The molecule has 2 aliphatic rings. The van der Waals surface area contributed by atoms with Crippen molar-refractivity contribution in [2.24, 2.45) is 23.7 Å². The summed E-state index contributed by atoms with van der Waals surface area (Å²) in [7, 11) is 0. The maximum absolute atomic E-state index is 11.8. The Morgan fingerprint density at radius 2 is 2.11 bits per heavy atom. The monoisotopic (exact) mass is 248 g/mol. The summed E-state index contributed by atoms with van der Waals surface area (Å²) in [6.45, 7) is 6.18. The van der Waals surface area contributed by atoms with Gasteiger partial charge in [0.05, 0.1) is 0 Å². The summed E-state index contributed by atoms with van der Waals surface area (Å²) in [5, 5.41) is 9.25. The number of hydrogen-bond acceptors (Lipinski definition) is 2. The summed E-state index contributed by atoms with van der Waals surface area (Å²) in [5.41, 5.74) is 1.24. The van der Waals surface area contributed by atoms with Crippen LogP contribution in [0.25, 0.3) is 0 Å². The summed E-state index contributed by atoms with van der Waals surface area (Å²) in [6, 6.07) is 0. The molecule has 98 valence electrons. The van der Waals surface area contributed by atoms with Crippen LogP contribution >= 0.6 is 0 Å². The van der Waals surface area contributed by atoms with E-state index in [-0.39, 0.29) is 17.6 Å². The van der Waals surface area contributed by atoms with Crippen molar-refractivity contribution in [3.8, 4) is 0 Å². The van der Waals surface area contributed by atoms with Gasteiger partial charge in [0, 0.05) is 17.9 Å². The molecule has 1 N–H and O–H groups in total. The van der Waals surface area contributed by atoms with E-state index < -0.39 is 5.97 Å². The topological polar surface area (TPSA) is 54.4 Å². The minimum Gasteiger partial charge on any atom is -0.478 e. The van der Waals surface area contributed by atoms with Gasteiger partial charge in [0.25, 0.3) is 0 Å². The van der Waals surface area contributed by atoms with Crippen LogP contribution in [0, 0.1) is 23.7 Å². The zero-order valence-electron chi connectivity index (χ0n) is 11.1. The maximum Gasteiger partial charge on any atom is 0.331 e. The zero-order valence-corrected chi connectivity index (χ0v) is 11.1. The lowest BCUT2D eigenvalue weighted by molar-refractivity contribution is -0.133. The fourth-order valence-corrected chi connectivity index (χ4v) is 3.27. The first kappa shape index (κ1) is 13.1. The van der Waals surface area contributed by atoms with Crippen molar-refractivity contribution in [3.63, 3.8) is 0 Å². The minimum absolute atomic E-state index is 0.0906. The number of carbonyl (C=O) groups excluding carboxylic acids is 1. The summed E-state index contributed by atoms with van der Waals surface area (Å²) in [5.74, 6) is 0.252. The Balaban J connectivity index is 2.41. The molecule has 0 saturated carbocycles. The second kappa shape index (κ2) is 4.71. The molecule has 2 rings (SSSR count). The Bertz CT molecular complexity index is 443. The van der Waals surface area contributed by atoms with E-state index in [0.717, 1.165) is 12.0 Å². The average molecular weight is 248 g/mol. The molecule has 0 amide bonds. The maximum atomic E-state index is 11.8. The Morgan fingerprint density at radius 1 is 1.44 bits per heavy atom. The molecule has 3 nitrogen and oxygen atoms in total. The van der Waals surface area contributed by atoms with Gasteiger partial charge < -0.3 is 5.11 Å². The third kappa shape index (κ3) is 2.14. The third-order valence-electron chi connectivity index (χ3n) is 4.36. The van der Waals surface area contributed by atoms with Crippen molar-refractivity contribution in [2.75, 3.05) is 0 Å². The third-order valence-corrected chi connectivity index (χ3v) is 4.36. The van der Waals surface area contributed by atoms with Crippen molar-refractivity contribution < 1.29 is 14.7 Å². The molecule has 0 fully saturated rings. The van der Waals surface area contributed by atoms with Crippen LogP contribution in [-0.2, 0) is 9.59 Å². The van der Waals surface area contributed by atoms with E-state index in [1.165, 1.54) is 0 Å². The molecule has 0 radical (unpaired) electrons. The molecule has 0 aromatic heterocycles. The first-order valence-electron chi connectivity index (χ1n) is 6.56. The van der Waals surface area contributed by atoms with Gasteiger partial charge in [-0.3, -0.25) is 4.79 Å². The number of allylic oxidation sites excluding steroid dienone is 3. The lowest BCUT2D eigenvalue weighted by atomic mass is 9.63. The quantitative estimate of drug-likeness (QED) is 0.817. The molecular formula is C15H20O3. The fraction of sp³-hybridized carbons (Fsp3) is 0.600. The molecule has 3 heteroatoms. The molecule has 0 aliphatic heterocycles. The van der Waals surface area contributed by atoms with Crippen LogP contribution in [0.4, 0.5) is 0 Å². The summed E-state index contributed by atoms with van der Waals surface area (Å²) in [6.07, 6.45) is 5.00. The van der Waals surface area contributed by atoms with Crippen LogP contribution in [0.1, 0.15) is 33.6 Å². The van der Waals surface area contributed by atoms with Crippen LogP contribution in [0.5, 0.6) is 0 Å². The second-order valence-corrected chi connectivity index (χ2v) is 5.77. The molecule has 18 heavy (non-hydrogen) atoms. The number of carbonyl (C=O) groups is 2. The highest BCUT2D eigenvalue weighted by Gasteiger charge is 2.41. The number of carboxylic acid groups (broad SMARTS) is 1. The predicted molar refractivity (Wildman–Crippen MR) is 69.0 cm³/mol. The van der Waals surface area contributed by atoms with E-state index in [1.807, 2.05) is 19.1 Å². The van der Waals surface area contributed by atoms with Crippen molar-refractivity contribution in [2.45, 2.75) is 33.6 Å². The van der Waals surface area contributed by atoms with Crippen molar-refractivity contribution >= 4 is 11.8 Å². The van der Waals surface area contributed by atoms with Crippen molar-refractivity contribution in [1.82, 2.24) is 0 Å². The van der Waals surface area contributed by atoms with E-state index in [1.54, 1.807) is 0 Å². The fourth-order valence-electron chi connectivity index (χ4n) is 3.27. The second-order valence-electron chi connectivity index (χ2n) is 5.77. The van der Waals surface area contributed by atoms with Gasteiger partial charge in [-0.05, 0) is 36.7 Å². The normalized spacial score (nSPS) is 31.8. The van der Waals surface area contributed by atoms with Crippen LogP contribution in [0.3, 0.4) is 0 Å². The largest absolute Gasteiger partial charge is 0.478 e. The van der Waals surface area contributed by atoms with Crippen LogP contribution in [0.15, 0.2) is 23.3 Å². The minimum atomic E-state index is -0.868. The highest BCUT2D eigenvalue weighted by molar-refractivity contribution is 5.98. The predicted octanol–water partition coefficient (Wildman–Crippen LogP) is 2.82. The van der Waals surface area contributed by atoms with Crippen LogP contribution in [0.2, 0.25) is 0 Å². The van der Waals surface area contributed by atoms with Gasteiger partial charge in [-0.2, -0.15) is 0 Å². The number of carboxylic acids is 1. The molecule has 0 bridgehead atoms. The SMILES string of the molecule is CC1=C[C@H]2[C@H](CC1=O)C(C(=O)O)=CC[C@@H]2C(C)C. The number of aliphatic carboxylic acids is 1. The lowest BCUT2D eigenvalue weighted by Gasteiger charge is -2.40. The average Bonchev–Trinajstić information content (AvgIpc) is 2.28. The molecule has 0 aromatic carbocycles. The molecular weight excluding hydrogens is 228 g/mol. The van der Waals surface area contributed by atoms with Gasteiger partial charge in [0.15, 0.2) is 5.78 Å². The van der Waals surface area contributed by atoms with E-state index >= 15 is 0 Å². The molecule has 0 saturated heterocycles. The molecule has 2 aliphatic carbocycles. The Morgan fingerprint density at radius 3 is 2.67 bits per heavy atom. The summed E-state index contributed by atoms with van der Waals surface area (Å²) < 4.78 is 0. The van der Waals surface area contributed by atoms with Crippen LogP contribution in [-0.4, -0.2) is 16.9 Å². The van der Waals surface area contributed by atoms with E-state index in [9.17, 15) is 14.7 Å². The van der Waals surface area contributed by atoms with Crippen molar-refractivity contribution in [3.05, 3.63) is 23.3 Å². The summed E-state index contributed by atoms with van der Waals surface area (Å²) >= 11 is 0. The molecule has 0 aromatic rings. The number of ketones is 1. The van der Waals surface area contributed by atoms with Gasteiger partial charge in [0.1, 0.15) is 0 Å². The lowest BCUT2D eigenvalue weighted by Crippen LogP contribution is -2.37. The van der Waals surface area contributed by atoms with E-state index in [2.05, 4.69) is 13.8 Å².